The van der Waals surface area contributed by atoms with Gasteiger partial charge < -0.3 is 20.3 Å². The lowest BCUT2D eigenvalue weighted by Crippen LogP contribution is -2.36. The molecule has 0 radical (unpaired) electrons. The number of aliphatic hydroxyl groups excluding tert-OH is 2. The van der Waals surface area contributed by atoms with E-state index in [9.17, 15) is 9.90 Å². The van der Waals surface area contributed by atoms with Crippen molar-refractivity contribution >= 4 is 5.91 Å². The lowest BCUT2D eigenvalue weighted by atomic mass is 10.0. The maximum absolute atomic E-state index is 10.9. The van der Waals surface area contributed by atoms with Gasteiger partial charge in [-0.15, -0.1) is 0 Å². The summed E-state index contributed by atoms with van der Waals surface area (Å²) in [6.45, 7) is 3.22. The number of nitrogens with one attached hydrogen (secondary N) is 1. The SMILES string of the molecule is CCc1cc(C#N)cc(C)c1OC[C@@H](O)CNC(=O)CO. The van der Waals surface area contributed by atoms with Crippen LogP contribution in [0.1, 0.15) is 23.6 Å². The Balaban J connectivity index is 2.67. The molecule has 1 amide bonds. The minimum Gasteiger partial charge on any atom is -0.490 e. The quantitative estimate of drug-likeness (QED) is 0.670. The van der Waals surface area contributed by atoms with E-state index >= 15 is 0 Å². The molecule has 1 aromatic carbocycles. The highest BCUT2D eigenvalue weighted by molar-refractivity contribution is 5.76. The topological polar surface area (TPSA) is 103 Å². The lowest BCUT2D eigenvalue weighted by molar-refractivity contribution is -0.124. The Labute approximate surface area is 124 Å². The summed E-state index contributed by atoms with van der Waals surface area (Å²) in [5.74, 6) is 0.113. The third kappa shape index (κ3) is 5.06. The van der Waals surface area contributed by atoms with Crippen molar-refractivity contribution in [1.29, 1.82) is 5.26 Å². The summed E-state index contributed by atoms with van der Waals surface area (Å²) < 4.78 is 5.61. The Morgan fingerprint density at radius 1 is 1.52 bits per heavy atom. The fraction of sp³-hybridized carbons (Fsp3) is 0.467. The fourth-order valence-corrected chi connectivity index (χ4v) is 1.91. The molecule has 0 bridgehead atoms. The summed E-state index contributed by atoms with van der Waals surface area (Å²) in [6.07, 6.45) is -0.163. The molecule has 114 valence electrons. The van der Waals surface area contributed by atoms with Crippen molar-refractivity contribution in [2.24, 2.45) is 0 Å². The summed E-state index contributed by atoms with van der Waals surface area (Å²) in [5, 5.41) is 29.6. The summed E-state index contributed by atoms with van der Waals surface area (Å²) in [7, 11) is 0. The number of nitriles is 1. The molecule has 0 unspecified atom stereocenters. The van der Waals surface area contributed by atoms with Crippen LogP contribution in [0.4, 0.5) is 0 Å². The molecule has 0 aromatic heterocycles. The highest BCUT2D eigenvalue weighted by atomic mass is 16.5. The second-order valence-corrected chi connectivity index (χ2v) is 4.67. The summed E-state index contributed by atoms with van der Waals surface area (Å²) >= 11 is 0. The van der Waals surface area contributed by atoms with Crippen molar-refractivity contribution in [2.75, 3.05) is 19.8 Å². The number of rotatable bonds is 7. The second-order valence-electron chi connectivity index (χ2n) is 4.67. The minimum absolute atomic E-state index is 0.0101. The highest BCUT2D eigenvalue weighted by Gasteiger charge is 2.12. The van der Waals surface area contributed by atoms with Crippen LogP contribution in [0, 0.1) is 18.3 Å². The number of benzene rings is 1. The van der Waals surface area contributed by atoms with Crippen molar-refractivity contribution in [3.05, 3.63) is 28.8 Å². The van der Waals surface area contributed by atoms with Gasteiger partial charge in [0.15, 0.2) is 0 Å². The van der Waals surface area contributed by atoms with Gasteiger partial charge in [0, 0.05) is 6.54 Å². The van der Waals surface area contributed by atoms with Gasteiger partial charge in [-0.3, -0.25) is 4.79 Å². The molecule has 0 saturated heterocycles. The van der Waals surface area contributed by atoms with Crippen LogP contribution in [0.3, 0.4) is 0 Å². The predicted molar refractivity (Wildman–Crippen MR) is 76.9 cm³/mol. The van der Waals surface area contributed by atoms with E-state index in [2.05, 4.69) is 11.4 Å². The molecule has 0 fully saturated rings. The largest absolute Gasteiger partial charge is 0.490 e. The summed E-state index contributed by atoms with van der Waals surface area (Å²) in [4.78, 5) is 10.9. The van der Waals surface area contributed by atoms with E-state index in [-0.39, 0.29) is 13.2 Å². The summed E-state index contributed by atoms with van der Waals surface area (Å²) in [5.41, 5.74) is 2.31. The van der Waals surface area contributed by atoms with Gasteiger partial charge in [-0.2, -0.15) is 5.26 Å². The number of carbonyl (C=O) groups excluding carboxylic acids is 1. The maximum atomic E-state index is 10.9. The first-order valence-corrected chi connectivity index (χ1v) is 6.73. The first-order chi connectivity index (χ1) is 10.0. The Morgan fingerprint density at radius 3 is 2.81 bits per heavy atom. The van der Waals surface area contributed by atoms with Gasteiger partial charge in [0.05, 0.1) is 11.6 Å². The average molecular weight is 292 g/mol. The van der Waals surface area contributed by atoms with Gasteiger partial charge in [0.1, 0.15) is 25.1 Å². The van der Waals surface area contributed by atoms with E-state index in [0.717, 1.165) is 11.1 Å². The van der Waals surface area contributed by atoms with Gasteiger partial charge in [0.25, 0.3) is 0 Å². The molecule has 1 rings (SSSR count). The highest BCUT2D eigenvalue weighted by Crippen LogP contribution is 2.26. The number of hydrogen-bond donors (Lipinski definition) is 3. The zero-order valence-corrected chi connectivity index (χ0v) is 12.2. The first-order valence-electron chi connectivity index (χ1n) is 6.73. The van der Waals surface area contributed by atoms with Crippen LogP contribution in [-0.4, -0.2) is 42.0 Å². The normalized spacial score (nSPS) is 11.6. The van der Waals surface area contributed by atoms with Gasteiger partial charge in [-0.1, -0.05) is 6.92 Å². The standard InChI is InChI=1S/C15H20N2O4/c1-3-12-5-11(6-16)4-10(2)15(12)21-9-13(19)7-17-14(20)8-18/h4-5,13,18-19H,3,7-9H2,1-2H3,(H,17,20)/t13-/m0/s1. The Hall–Kier alpha value is -2.10. The Bertz CT molecular complexity index is 537. The van der Waals surface area contributed by atoms with Crippen LogP contribution >= 0.6 is 0 Å². The number of aryl methyl sites for hydroxylation is 2. The van der Waals surface area contributed by atoms with Gasteiger partial charge in [0.2, 0.25) is 5.91 Å². The third-order valence-corrected chi connectivity index (χ3v) is 2.96. The van der Waals surface area contributed by atoms with Crippen molar-refractivity contribution < 1.29 is 19.7 Å². The Morgan fingerprint density at radius 2 is 2.24 bits per heavy atom. The van der Waals surface area contributed by atoms with Crippen molar-refractivity contribution in [3.63, 3.8) is 0 Å². The van der Waals surface area contributed by atoms with E-state index in [1.165, 1.54) is 0 Å². The monoisotopic (exact) mass is 292 g/mol. The molecule has 0 saturated carbocycles. The Kier molecular flexibility index (Phi) is 6.66. The second kappa shape index (κ2) is 8.25. The maximum Gasteiger partial charge on any atom is 0.245 e. The fourth-order valence-electron chi connectivity index (χ4n) is 1.91. The smallest absolute Gasteiger partial charge is 0.245 e. The van der Waals surface area contributed by atoms with E-state index < -0.39 is 18.6 Å². The first kappa shape index (κ1) is 17.0. The van der Waals surface area contributed by atoms with Crippen molar-refractivity contribution in [3.8, 4) is 11.8 Å². The molecule has 0 heterocycles. The zero-order chi connectivity index (χ0) is 15.8. The number of carbonyl (C=O) groups is 1. The molecule has 1 atom stereocenters. The summed E-state index contributed by atoms with van der Waals surface area (Å²) in [6, 6.07) is 5.59. The van der Waals surface area contributed by atoms with Gasteiger partial charge in [-0.25, -0.2) is 0 Å². The molecule has 0 aliphatic carbocycles. The third-order valence-electron chi connectivity index (χ3n) is 2.96. The average Bonchev–Trinajstić information content (AvgIpc) is 2.50. The molecular formula is C15H20N2O4. The van der Waals surface area contributed by atoms with Crippen LogP contribution in [0.5, 0.6) is 5.75 Å². The molecule has 0 spiro atoms. The lowest BCUT2D eigenvalue weighted by Gasteiger charge is -2.17. The van der Waals surface area contributed by atoms with Crippen LogP contribution in [0.15, 0.2) is 12.1 Å². The molecule has 6 nitrogen and oxygen atoms in total. The van der Waals surface area contributed by atoms with E-state index in [1.807, 2.05) is 13.8 Å². The number of ether oxygens (including phenoxy) is 1. The molecule has 3 N–H and O–H groups in total. The van der Waals surface area contributed by atoms with Crippen molar-refractivity contribution in [1.82, 2.24) is 5.32 Å². The number of nitrogens with zero attached hydrogens (tertiary/aromatic N) is 1. The van der Waals surface area contributed by atoms with Crippen LogP contribution in [-0.2, 0) is 11.2 Å². The molecule has 6 heteroatoms. The minimum atomic E-state index is -0.875. The molecule has 21 heavy (non-hydrogen) atoms. The van der Waals surface area contributed by atoms with Crippen LogP contribution in [0.2, 0.25) is 0 Å². The van der Waals surface area contributed by atoms with E-state index in [0.29, 0.717) is 17.7 Å². The predicted octanol–water partition coefficient (Wildman–Crippen LogP) is 0.277. The molecular weight excluding hydrogens is 272 g/mol. The number of hydrogen-bond acceptors (Lipinski definition) is 5. The number of amides is 1. The van der Waals surface area contributed by atoms with Crippen molar-refractivity contribution in [2.45, 2.75) is 26.4 Å². The van der Waals surface area contributed by atoms with Gasteiger partial charge >= 0.3 is 0 Å². The van der Waals surface area contributed by atoms with Gasteiger partial charge in [-0.05, 0) is 36.6 Å². The van der Waals surface area contributed by atoms with E-state index in [1.54, 1.807) is 12.1 Å². The molecule has 1 aromatic rings. The van der Waals surface area contributed by atoms with Crippen LogP contribution in [0.25, 0.3) is 0 Å². The van der Waals surface area contributed by atoms with Crippen LogP contribution < -0.4 is 10.1 Å². The van der Waals surface area contributed by atoms with E-state index in [4.69, 9.17) is 15.1 Å². The molecule has 0 aliphatic heterocycles. The zero-order valence-electron chi connectivity index (χ0n) is 12.2. The molecule has 0 aliphatic rings. The number of aliphatic hydroxyl groups is 2.